The van der Waals surface area contributed by atoms with Crippen LogP contribution in [-0.4, -0.2) is 0 Å². The largest absolute Gasteiger partial charge is 0.222 e. The Bertz CT molecular complexity index is 1290. The summed E-state index contributed by atoms with van der Waals surface area (Å²) in [5.74, 6) is 0. The number of fused-ring (bicyclic) bond motifs is 3. The number of benzene rings is 2. The molecule has 5 rings (SSSR count). The number of hydrogen-bond acceptors (Lipinski definition) is 5. The van der Waals surface area contributed by atoms with E-state index in [4.69, 9.17) is 18.6 Å². The monoisotopic (exact) mass is 479 g/mol. The van der Waals surface area contributed by atoms with E-state index in [9.17, 15) is 0 Å². The van der Waals surface area contributed by atoms with Crippen LogP contribution in [0.25, 0.3) is 28.3 Å². The molecule has 0 fully saturated rings. The summed E-state index contributed by atoms with van der Waals surface area (Å²) in [4.78, 5) is 2.58. The van der Waals surface area contributed by atoms with Crippen molar-refractivity contribution in [1.82, 2.24) is 0 Å². The summed E-state index contributed by atoms with van der Waals surface area (Å²) in [5.41, 5.74) is 6.56. The molecule has 1 aliphatic rings. The molecule has 0 saturated heterocycles. The number of nitrogens with zero attached hydrogens (tertiary/aromatic N) is 1. The Morgan fingerprint density at radius 3 is 2.21 bits per heavy atom. The predicted octanol–water partition coefficient (Wildman–Crippen LogP) is 1.75. The molecule has 0 aliphatic carbocycles. The first kappa shape index (κ1) is 23.3. The number of pyridine rings is 1. The molecule has 33 heavy (non-hydrogen) atoms. The van der Waals surface area contributed by atoms with Gasteiger partial charge in [-0.05, 0) is 43.2 Å². The minimum atomic E-state index is -4.94. The molecule has 0 N–H and O–H groups in total. The van der Waals surface area contributed by atoms with E-state index in [1.165, 1.54) is 37.8 Å². The first-order valence-electron chi connectivity index (χ1n) is 10.2. The van der Waals surface area contributed by atoms with Crippen molar-refractivity contribution in [1.29, 1.82) is 0 Å². The Hall–Kier alpha value is -2.84. The van der Waals surface area contributed by atoms with Gasteiger partial charge in [0.15, 0.2) is 11.9 Å². The van der Waals surface area contributed by atoms with Crippen LogP contribution in [-0.2, 0) is 5.41 Å². The summed E-state index contributed by atoms with van der Waals surface area (Å²) in [6.45, 7) is 4.62. The number of aromatic nitrogens is 1. The van der Waals surface area contributed by atoms with Gasteiger partial charge in [-0.1, -0.05) is 54.6 Å². The lowest BCUT2D eigenvalue weighted by Gasteiger charge is -2.17. The fourth-order valence-electron chi connectivity index (χ4n) is 4.04. The molecule has 0 unspecified atom stereocenters. The molecule has 7 heteroatoms. The molecule has 0 atom stereocenters. The number of hydrogen-bond donors (Lipinski definition) is 0. The molecule has 3 heterocycles. The second-order valence-corrected chi connectivity index (χ2v) is 10.0. The normalized spacial score (nSPS) is 13.9. The lowest BCUT2D eigenvalue weighted by atomic mass is 9.83. The average molecular weight is 480 g/mol. The SMILES string of the molecule is CC1(C)c2ccccc2-[n+]2ccc(/C=C/c3ccc(-c4ccccc4)s3)cc21.[O-][Cl+3]([O-])([O-])[O-]. The molecular weight excluding hydrogens is 458 g/mol. The Labute approximate surface area is 198 Å². The van der Waals surface area contributed by atoms with Gasteiger partial charge in [0, 0.05) is 33.5 Å². The third kappa shape index (κ3) is 5.39. The Morgan fingerprint density at radius 2 is 1.48 bits per heavy atom. The summed E-state index contributed by atoms with van der Waals surface area (Å²) in [7, 11) is -4.94. The maximum absolute atomic E-state index is 8.49. The molecular formula is C26H22ClNO4S. The molecule has 5 nitrogen and oxygen atoms in total. The molecule has 1 aliphatic heterocycles. The van der Waals surface area contributed by atoms with Gasteiger partial charge in [0.05, 0.1) is 5.41 Å². The highest BCUT2D eigenvalue weighted by Gasteiger charge is 2.43. The highest BCUT2D eigenvalue weighted by Crippen LogP contribution is 2.38. The van der Waals surface area contributed by atoms with Gasteiger partial charge < -0.3 is 0 Å². The molecule has 0 amide bonds. The van der Waals surface area contributed by atoms with Gasteiger partial charge in [-0.2, -0.15) is 4.57 Å². The molecule has 2 aromatic carbocycles. The molecule has 0 radical (unpaired) electrons. The van der Waals surface area contributed by atoms with E-state index in [0.29, 0.717) is 0 Å². The highest BCUT2D eigenvalue weighted by atomic mass is 35.7. The van der Waals surface area contributed by atoms with E-state index in [1.54, 1.807) is 0 Å². The maximum Gasteiger partial charge on any atom is 0.215 e. The van der Waals surface area contributed by atoms with Gasteiger partial charge >= 0.3 is 0 Å². The zero-order chi connectivity index (χ0) is 23.6. The van der Waals surface area contributed by atoms with Crippen LogP contribution in [0, 0.1) is 10.2 Å². The standard InChI is InChI=1S/C26H22NS.ClHO4/c1-26(2)22-10-6-7-11-23(22)27-17-16-19(18-25(26)27)12-13-21-14-15-24(28-21)20-8-4-3-5-9-20;2-1(3,4)5/h3-18H,1-2H3;(H,2,3,4,5)/q+1;/p-1/b13-12+;. The molecule has 0 spiro atoms. The number of para-hydroxylation sites is 1. The highest BCUT2D eigenvalue weighted by molar-refractivity contribution is 7.16. The van der Waals surface area contributed by atoms with Gasteiger partial charge in [0.25, 0.3) is 0 Å². The second-order valence-electron chi connectivity index (χ2n) is 8.14. The van der Waals surface area contributed by atoms with Crippen molar-refractivity contribution in [3.05, 3.63) is 107 Å². The lowest BCUT2D eigenvalue weighted by Crippen LogP contribution is -2.68. The molecule has 2 aromatic heterocycles. The van der Waals surface area contributed by atoms with Crippen LogP contribution < -0.4 is 23.2 Å². The Morgan fingerprint density at radius 1 is 0.818 bits per heavy atom. The van der Waals surface area contributed by atoms with Crippen LogP contribution >= 0.6 is 11.3 Å². The Kier molecular flexibility index (Phi) is 6.50. The van der Waals surface area contributed by atoms with Crippen LogP contribution in [0.4, 0.5) is 0 Å². The van der Waals surface area contributed by atoms with Crippen molar-refractivity contribution in [2.24, 2.45) is 0 Å². The number of thiophene rings is 1. The molecule has 168 valence electrons. The summed E-state index contributed by atoms with van der Waals surface area (Å²) >= 11 is 1.83. The average Bonchev–Trinajstić information content (AvgIpc) is 3.34. The van der Waals surface area contributed by atoms with Crippen LogP contribution in [0.3, 0.4) is 0 Å². The van der Waals surface area contributed by atoms with E-state index < -0.39 is 10.2 Å². The van der Waals surface area contributed by atoms with Crippen molar-refractivity contribution in [3.8, 4) is 16.1 Å². The summed E-state index contributed by atoms with van der Waals surface area (Å²) in [5, 5.41) is 0. The smallest absolute Gasteiger partial charge is 0.215 e. The second kappa shape index (κ2) is 9.19. The summed E-state index contributed by atoms with van der Waals surface area (Å²) in [6.07, 6.45) is 6.64. The molecule has 0 bridgehead atoms. The predicted molar refractivity (Wildman–Crippen MR) is 119 cm³/mol. The third-order valence-electron chi connectivity index (χ3n) is 5.58. The van der Waals surface area contributed by atoms with Crippen molar-refractivity contribution >= 4 is 23.5 Å². The van der Waals surface area contributed by atoms with Crippen molar-refractivity contribution in [3.63, 3.8) is 0 Å². The van der Waals surface area contributed by atoms with E-state index in [1.807, 2.05) is 11.3 Å². The summed E-state index contributed by atoms with van der Waals surface area (Å²) in [6, 6.07) is 28.2. The molecule has 4 aromatic rings. The van der Waals surface area contributed by atoms with Crippen LogP contribution in [0.2, 0.25) is 0 Å². The zero-order valence-electron chi connectivity index (χ0n) is 18.1. The lowest BCUT2D eigenvalue weighted by molar-refractivity contribution is -2.00. The molecule has 0 saturated carbocycles. The minimum absolute atomic E-state index is 0.0177. The first-order valence-corrected chi connectivity index (χ1v) is 12.3. The van der Waals surface area contributed by atoms with E-state index >= 15 is 0 Å². The van der Waals surface area contributed by atoms with Crippen LogP contribution in [0.15, 0.2) is 85.1 Å². The van der Waals surface area contributed by atoms with Gasteiger partial charge in [-0.25, -0.2) is 18.6 Å². The number of rotatable bonds is 3. The van der Waals surface area contributed by atoms with Crippen LogP contribution in [0.1, 0.15) is 35.5 Å². The van der Waals surface area contributed by atoms with E-state index in [2.05, 4.69) is 116 Å². The van der Waals surface area contributed by atoms with Crippen LogP contribution in [0.5, 0.6) is 0 Å². The topological polar surface area (TPSA) is 96.1 Å². The van der Waals surface area contributed by atoms with Gasteiger partial charge in [-0.15, -0.1) is 21.6 Å². The third-order valence-corrected chi connectivity index (χ3v) is 6.68. The maximum atomic E-state index is 8.49. The van der Waals surface area contributed by atoms with E-state index in [0.717, 1.165) is 0 Å². The van der Waals surface area contributed by atoms with Gasteiger partial charge in [0.2, 0.25) is 5.69 Å². The van der Waals surface area contributed by atoms with Crippen molar-refractivity contribution < 1.29 is 33.4 Å². The van der Waals surface area contributed by atoms with Gasteiger partial charge in [-0.3, -0.25) is 0 Å². The van der Waals surface area contributed by atoms with Gasteiger partial charge in [0.1, 0.15) is 0 Å². The quantitative estimate of drug-likeness (QED) is 0.418. The zero-order valence-corrected chi connectivity index (χ0v) is 19.7. The fraction of sp³-hybridized carbons (Fsp3) is 0.115. The summed E-state index contributed by atoms with van der Waals surface area (Å²) < 4.78 is 36.3. The minimum Gasteiger partial charge on any atom is -0.222 e. The first-order chi connectivity index (χ1) is 15.6. The fourth-order valence-corrected chi connectivity index (χ4v) is 4.96. The number of halogens is 1. The Balaban J connectivity index is 0.000000471. The van der Waals surface area contributed by atoms with E-state index in [-0.39, 0.29) is 5.41 Å². The van der Waals surface area contributed by atoms with Crippen molar-refractivity contribution in [2.45, 2.75) is 19.3 Å². The van der Waals surface area contributed by atoms with Crippen molar-refractivity contribution in [2.75, 3.05) is 0 Å².